The van der Waals surface area contributed by atoms with Gasteiger partial charge >= 0.3 is 0 Å². The molecule has 188 valence electrons. The number of fused-ring (bicyclic) bond motifs is 1. The molecule has 0 aliphatic carbocycles. The molecule has 3 aromatic carbocycles. The quantitative estimate of drug-likeness (QED) is 0.284. The van der Waals surface area contributed by atoms with E-state index in [0.717, 1.165) is 9.87 Å². The highest BCUT2D eigenvalue weighted by Gasteiger charge is 2.33. The molecule has 0 N–H and O–H groups in total. The number of rotatable bonds is 6. The molecule has 0 saturated carbocycles. The van der Waals surface area contributed by atoms with Gasteiger partial charge in [0.1, 0.15) is 16.5 Å². The molecule has 7 nitrogen and oxygen atoms in total. The van der Waals surface area contributed by atoms with Gasteiger partial charge in [-0.2, -0.15) is 4.31 Å². The second-order valence-corrected chi connectivity index (χ2v) is 11.4. The van der Waals surface area contributed by atoms with Gasteiger partial charge in [-0.3, -0.25) is 9.36 Å². The summed E-state index contributed by atoms with van der Waals surface area (Å²) < 4.78 is 35.0. The summed E-state index contributed by atoms with van der Waals surface area (Å²) in [5, 5.41) is 0.401. The number of aromatic nitrogens is 2. The number of benzene rings is 3. The summed E-state index contributed by atoms with van der Waals surface area (Å²) in [5.74, 6) is 0.831. The Bertz CT molecular complexity index is 1610. The van der Waals surface area contributed by atoms with Crippen LogP contribution in [0.25, 0.3) is 16.6 Å². The van der Waals surface area contributed by atoms with Gasteiger partial charge in [-0.1, -0.05) is 46.9 Å². The lowest BCUT2D eigenvalue weighted by molar-refractivity contribution is 0.379. The van der Waals surface area contributed by atoms with Crippen LogP contribution in [0.2, 0.25) is 15.1 Å². The molecule has 1 heterocycles. The predicted octanol–water partition coefficient (Wildman–Crippen LogP) is 6.04. The largest absolute Gasteiger partial charge is 0.497 e. The molecule has 36 heavy (non-hydrogen) atoms. The van der Waals surface area contributed by atoms with Crippen LogP contribution in [0.5, 0.6) is 5.75 Å². The van der Waals surface area contributed by atoms with Crippen LogP contribution in [0.15, 0.2) is 64.3 Å². The highest BCUT2D eigenvalue weighted by molar-refractivity contribution is 7.89. The zero-order chi connectivity index (χ0) is 26.4. The van der Waals surface area contributed by atoms with Crippen LogP contribution in [-0.4, -0.2) is 36.4 Å². The van der Waals surface area contributed by atoms with Crippen LogP contribution in [0.4, 0.5) is 0 Å². The van der Waals surface area contributed by atoms with Crippen LogP contribution >= 0.6 is 34.8 Å². The minimum Gasteiger partial charge on any atom is -0.497 e. The van der Waals surface area contributed by atoms with Crippen molar-refractivity contribution in [3.63, 3.8) is 0 Å². The van der Waals surface area contributed by atoms with Crippen molar-refractivity contribution < 1.29 is 13.2 Å². The topological polar surface area (TPSA) is 81.5 Å². The Labute approximate surface area is 223 Å². The van der Waals surface area contributed by atoms with Gasteiger partial charge in [0.2, 0.25) is 10.0 Å². The number of sulfonamides is 1. The van der Waals surface area contributed by atoms with Gasteiger partial charge in [0, 0.05) is 12.1 Å². The first-order valence-electron chi connectivity index (χ1n) is 10.8. The number of nitrogens with zero attached hydrogens (tertiary/aromatic N) is 3. The molecule has 0 spiro atoms. The van der Waals surface area contributed by atoms with Crippen LogP contribution in [0.1, 0.15) is 24.4 Å². The van der Waals surface area contributed by atoms with E-state index in [2.05, 4.69) is 0 Å². The SMILES string of the molecule is COc1ccc(-n2c(C(C)N(C)S(=O)(=O)c3c(Cl)cc(Cl)cc3Cl)nc3c(C)cccc3c2=O)cc1. The van der Waals surface area contributed by atoms with E-state index >= 15 is 0 Å². The maximum absolute atomic E-state index is 13.7. The van der Waals surface area contributed by atoms with Crippen molar-refractivity contribution in [1.29, 1.82) is 0 Å². The molecule has 1 atom stereocenters. The first-order chi connectivity index (χ1) is 17.0. The summed E-state index contributed by atoms with van der Waals surface area (Å²) in [6.45, 7) is 3.48. The van der Waals surface area contributed by atoms with E-state index in [1.54, 1.807) is 50.4 Å². The summed E-state index contributed by atoms with van der Waals surface area (Å²) >= 11 is 18.4. The molecule has 1 aromatic heterocycles. The maximum atomic E-state index is 13.7. The molecule has 4 aromatic rings. The van der Waals surface area contributed by atoms with Gasteiger partial charge in [-0.05, 0) is 61.9 Å². The van der Waals surface area contributed by atoms with E-state index in [9.17, 15) is 13.2 Å². The maximum Gasteiger partial charge on any atom is 0.266 e. The van der Waals surface area contributed by atoms with Gasteiger partial charge in [0.05, 0.1) is 39.8 Å². The minimum absolute atomic E-state index is 0.110. The Morgan fingerprint density at radius 2 is 1.64 bits per heavy atom. The van der Waals surface area contributed by atoms with E-state index < -0.39 is 16.1 Å². The van der Waals surface area contributed by atoms with Gasteiger partial charge < -0.3 is 4.74 Å². The molecule has 0 radical (unpaired) electrons. The monoisotopic (exact) mass is 565 g/mol. The van der Waals surface area contributed by atoms with Crippen molar-refractivity contribution in [1.82, 2.24) is 13.9 Å². The molecule has 0 amide bonds. The Morgan fingerprint density at radius 3 is 2.22 bits per heavy atom. The van der Waals surface area contributed by atoms with Crippen molar-refractivity contribution in [2.45, 2.75) is 24.8 Å². The molecule has 1 unspecified atom stereocenters. The molecule has 0 saturated heterocycles. The molecule has 4 rings (SSSR count). The van der Waals surface area contributed by atoms with Gasteiger partial charge in [-0.15, -0.1) is 0 Å². The molecule has 11 heteroatoms. The zero-order valence-corrected chi connectivity index (χ0v) is 22.9. The first kappa shape index (κ1) is 26.4. The fraction of sp³-hybridized carbons (Fsp3) is 0.200. The average Bonchev–Trinajstić information content (AvgIpc) is 2.83. The number of halogens is 3. The lowest BCUT2D eigenvalue weighted by Gasteiger charge is -2.27. The van der Waals surface area contributed by atoms with Gasteiger partial charge in [0.25, 0.3) is 5.56 Å². The van der Waals surface area contributed by atoms with E-state index in [4.69, 9.17) is 44.5 Å². The summed E-state index contributed by atoms with van der Waals surface area (Å²) in [7, 11) is -1.29. The van der Waals surface area contributed by atoms with Crippen molar-refractivity contribution in [3.05, 3.63) is 91.4 Å². The predicted molar refractivity (Wildman–Crippen MR) is 143 cm³/mol. The molecule has 0 fully saturated rings. The van der Waals surface area contributed by atoms with Crippen molar-refractivity contribution >= 4 is 55.7 Å². The van der Waals surface area contributed by atoms with Crippen molar-refractivity contribution in [2.24, 2.45) is 0 Å². The zero-order valence-electron chi connectivity index (χ0n) is 19.8. The van der Waals surface area contributed by atoms with Crippen LogP contribution in [-0.2, 0) is 10.0 Å². The molecular formula is C25H22Cl3N3O4S. The lowest BCUT2D eigenvalue weighted by Crippen LogP contribution is -2.35. The fourth-order valence-corrected chi connectivity index (χ4v) is 6.73. The Morgan fingerprint density at radius 1 is 1.03 bits per heavy atom. The van der Waals surface area contributed by atoms with E-state index in [-0.39, 0.29) is 31.3 Å². The number of para-hydroxylation sites is 1. The Hall–Kier alpha value is -2.62. The molecule has 0 bridgehead atoms. The van der Waals surface area contributed by atoms with E-state index in [1.165, 1.54) is 23.7 Å². The molecule has 0 aliphatic heterocycles. The van der Waals surface area contributed by atoms with E-state index in [0.29, 0.717) is 22.3 Å². The second kappa shape index (κ2) is 10.0. The highest BCUT2D eigenvalue weighted by Crippen LogP contribution is 2.37. The number of aryl methyl sites for hydroxylation is 1. The number of hydrogen-bond donors (Lipinski definition) is 0. The third-order valence-corrected chi connectivity index (χ3v) is 9.05. The van der Waals surface area contributed by atoms with Crippen LogP contribution in [0, 0.1) is 6.92 Å². The fourth-order valence-electron chi connectivity index (χ4n) is 3.92. The lowest BCUT2D eigenvalue weighted by atomic mass is 10.1. The summed E-state index contributed by atoms with van der Waals surface area (Å²) in [5.41, 5.74) is 1.45. The van der Waals surface area contributed by atoms with Gasteiger partial charge in [-0.25, -0.2) is 13.4 Å². The number of ether oxygens (including phenoxy) is 1. The summed E-state index contributed by atoms with van der Waals surface area (Å²) in [6, 6.07) is 13.9. The van der Waals surface area contributed by atoms with E-state index in [1.807, 2.05) is 13.0 Å². The smallest absolute Gasteiger partial charge is 0.266 e. The number of hydrogen-bond acceptors (Lipinski definition) is 5. The summed E-state index contributed by atoms with van der Waals surface area (Å²) in [4.78, 5) is 18.2. The highest BCUT2D eigenvalue weighted by atomic mass is 35.5. The summed E-state index contributed by atoms with van der Waals surface area (Å²) in [6.07, 6.45) is 0. The van der Waals surface area contributed by atoms with Crippen LogP contribution < -0.4 is 10.3 Å². The minimum atomic E-state index is -4.21. The standard InChI is InChI=1S/C25H22Cl3N3O4S/c1-14-6-5-7-19-22(14)29-24(31(25(19)32)17-8-10-18(35-4)11-9-17)15(2)30(3)36(33,34)23-20(27)12-16(26)13-21(23)28/h5-13,15H,1-4H3. The third kappa shape index (κ3) is 4.60. The van der Waals surface area contributed by atoms with Crippen LogP contribution in [0.3, 0.4) is 0 Å². The van der Waals surface area contributed by atoms with Crippen molar-refractivity contribution in [2.75, 3.05) is 14.2 Å². The number of methoxy groups -OCH3 is 1. The normalized spacial score (nSPS) is 12.8. The Kier molecular flexibility index (Phi) is 7.37. The Balaban J connectivity index is 1.95. The average molecular weight is 567 g/mol. The van der Waals surface area contributed by atoms with Gasteiger partial charge in [0.15, 0.2) is 0 Å². The third-order valence-electron chi connectivity index (χ3n) is 5.98. The molecular weight excluding hydrogens is 545 g/mol. The molecule has 0 aliphatic rings. The second-order valence-electron chi connectivity index (χ2n) is 8.18. The van der Waals surface area contributed by atoms with Crippen molar-refractivity contribution in [3.8, 4) is 11.4 Å². The first-order valence-corrected chi connectivity index (χ1v) is 13.3.